The zero-order valence-corrected chi connectivity index (χ0v) is 9.48. The van der Waals surface area contributed by atoms with Gasteiger partial charge < -0.3 is 4.74 Å². The summed E-state index contributed by atoms with van der Waals surface area (Å²) in [5.74, 6) is 1.02. The summed E-state index contributed by atoms with van der Waals surface area (Å²) < 4.78 is 5.12. The zero-order chi connectivity index (χ0) is 10.6. The monoisotopic (exact) mass is 210 g/mol. The highest BCUT2D eigenvalue weighted by Crippen LogP contribution is 2.25. The molecule has 0 radical (unpaired) electrons. The summed E-state index contributed by atoms with van der Waals surface area (Å²) in [7, 11) is 1.64. The van der Waals surface area contributed by atoms with Gasteiger partial charge in [-0.2, -0.15) is 0 Å². The third-order valence-corrected chi connectivity index (χ3v) is 2.75. The van der Waals surface area contributed by atoms with E-state index in [-0.39, 0.29) is 5.78 Å². The van der Waals surface area contributed by atoms with Gasteiger partial charge in [0.05, 0.1) is 7.11 Å². The van der Waals surface area contributed by atoms with Crippen LogP contribution >= 0.6 is 11.8 Å². The number of hydrogen-bond acceptors (Lipinski definition) is 3. The molecule has 0 unspecified atom stereocenters. The van der Waals surface area contributed by atoms with Gasteiger partial charge in [-0.15, -0.1) is 11.8 Å². The highest BCUT2D eigenvalue weighted by molar-refractivity contribution is 7.98. The van der Waals surface area contributed by atoms with E-state index in [1.165, 1.54) is 0 Å². The summed E-state index contributed by atoms with van der Waals surface area (Å²) in [6, 6.07) is 5.80. The Kier molecular flexibility index (Phi) is 4.01. The van der Waals surface area contributed by atoms with E-state index < -0.39 is 0 Å². The number of Topliss-reactive ketones (excluding diaryl/α,β-unsaturated/α-hetero) is 1. The largest absolute Gasteiger partial charge is 0.497 e. The van der Waals surface area contributed by atoms with Gasteiger partial charge in [-0.3, -0.25) is 4.79 Å². The molecule has 0 heterocycles. The molecular formula is C11H14O2S. The third kappa shape index (κ3) is 2.77. The number of thioether (sulfide) groups is 1. The van der Waals surface area contributed by atoms with Gasteiger partial charge in [-0.05, 0) is 30.9 Å². The van der Waals surface area contributed by atoms with Crippen LogP contribution < -0.4 is 4.74 Å². The molecule has 1 aromatic carbocycles. The summed E-state index contributed by atoms with van der Waals surface area (Å²) in [5, 5.41) is 0. The van der Waals surface area contributed by atoms with E-state index in [1.807, 2.05) is 24.5 Å². The first kappa shape index (κ1) is 11.1. The molecule has 0 saturated heterocycles. The fourth-order valence-corrected chi connectivity index (χ4v) is 1.90. The Labute approximate surface area is 88.7 Å². The van der Waals surface area contributed by atoms with E-state index in [1.54, 1.807) is 25.8 Å². The molecule has 1 rings (SSSR count). The number of ketones is 1. The Morgan fingerprint density at radius 1 is 1.50 bits per heavy atom. The van der Waals surface area contributed by atoms with Gasteiger partial charge in [0.1, 0.15) is 11.5 Å². The van der Waals surface area contributed by atoms with Crippen molar-refractivity contribution in [1.29, 1.82) is 0 Å². The van der Waals surface area contributed by atoms with Crippen molar-refractivity contribution in [3.63, 3.8) is 0 Å². The Morgan fingerprint density at radius 2 is 2.21 bits per heavy atom. The second-order valence-electron chi connectivity index (χ2n) is 3.06. The van der Waals surface area contributed by atoms with Crippen LogP contribution in [0.25, 0.3) is 0 Å². The van der Waals surface area contributed by atoms with E-state index in [9.17, 15) is 4.79 Å². The van der Waals surface area contributed by atoms with Crippen molar-refractivity contribution in [3.8, 4) is 5.75 Å². The van der Waals surface area contributed by atoms with Crippen LogP contribution in [0.1, 0.15) is 12.5 Å². The lowest BCUT2D eigenvalue weighted by atomic mass is 10.1. The van der Waals surface area contributed by atoms with Crippen LogP contribution in [0.3, 0.4) is 0 Å². The van der Waals surface area contributed by atoms with Gasteiger partial charge in [0.25, 0.3) is 0 Å². The molecule has 2 nitrogen and oxygen atoms in total. The van der Waals surface area contributed by atoms with Crippen LogP contribution in [-0.4, -0.2) is 19.1 Å². The Morgan fingerprint density at radius 3 is 2.71 bits per heavy atom. The van der Waals surface area contributed by atoms with Crippen molar-refractivity contribution in [3.05, 3.63) is 23.8 Å². The topological polar surface area (TPSA) is 26.3 Å². The maximum atomic E-state index is 11.0. The molecule has 0 saturated carbocycles. The first-order valence-electron chi connectivity index (χ1n) is 4.37. The van der Waals surface area contributed by atoms with Gasteiger partial charge in [0, 0.05) is 11.3 Å². The fraction of sp³-hybridized carbons (Fsp3) is 0.364. The fourth-order valence-electron chi connectivity index (χ4n) is 1.27. The van der Waals surface area contributed by atoms with E-state index in [2.05, 4.69) is 0 Å². The summed E-state index contributed by atoms with van der Waals surface area (Å²) in [6.07, 6.45) is 2.50. The van der Waals surface area contributed by atoms with Crippen LogP contribution in [0, 0.1) is 0 Å². The van der Waals surface area contributed by atoms with E-state index in [0.717, 1.165) is 16.2 Å². The van der Waals surface area contributed by atoms with Gasteiger partial charge in [-0.25, -0.2) is 0 Å². The predicted octanol–water partition coefficient (Wildman–Crippen LogP) is 2.55. The minimum atomic E-state index is 0.186. The summed E-state index contributed by atoms with van der Waals surface area (Å²) in [6.45, 7) is 1.61. The molecular weight excluding hydrogens is 196 g/mol. The average molecular weight is 210 g/mol. The van der Waals surface area contributed by atoms with Crippen molar-refractivity contribution in [1.82, 2.24) is 0 Å². The zero-order valence-electron chi connectivity index (χ0n) is 8.66. The van der Waals surface area contributed by atoms with Gasteiger partial charge in [-0.1, -0.05) is 6.07 Å². The quantitative estimate of drug-likeness (QED) is 0.714. The smallest absolute Gasteiger partial charge is 0.134 e. The minimum Gasteiger partial charge on any atom is -0.497 e. The second-order valence-corrected chi connectivity index (χ2v) is 3.90. The molecule has 0 aromatic heterocycles. The van der Waals surface area contributed by atoms with Crippen molar-refractivity contribution >= 4 is 17.5 Å². The lowest BCUT2D eigenvalue weighted by Gasteiger charge is -2.07. The number of carbonyl (C=O) groups excluding carboxylic acids is 1. The van der Waals surface area contributed by atoms with Crippen LogP contribution in [0.4, 0.5) is 0 Å². The van der Waals surface area contributed by atoms with Crippen molar-refractivity contribution in [2.24, 2.45) is 0 Å². The predicted molar refractivity (Wildman–Crippen MR) is 59.2 cm³/mol. The summed E-state index contributed by atoms with van der Waals surface area (Å²) in [5.41, 5.74) is 1.07. The molecule has 0 bridgehead atoms. The molecule has 0 fully saturated rings. The van der Waals surface area contributed by atoms with Crippen LogP contribution in [0.15, 0.2) is 23.1 Å². The first-order valence-corrected chi connectivity index (χ1v) is 5.60. The van der Waals surface area contributed by atoms with E-state index in [0.29, 0.717) is 6.42 Å². The number of rotatable bonds is 4. The molecule has 0 amide bonds. The molecule has 0 atom stereocenters. The molecule has 0 aliphatic carbocycles. The van der Waals surface area contributed by atoms with E-state index >= 15 is 0 Å². The maximum absolute atomic E-state index is 11.0. The lowest BCUT2D eigenvalue weighted by Crippen LogP contribution is -1.98. The minimum absolute atomic E-state index is 0.186. The number of hydrogen-bond donors (Lipinski definition) is 0. The van der Waals surface area contributed by atoms with Crippen molar-refractivity contribution in [2.45, 2.75) is 18.2 Å². The SMILES string of the molecule is COc1ccc(CC(C)=O)c(SC)c1. The van der Waals surface area contributed by atoms with Crippen LogP contribution in [0.5, 0.6) is 5.75 Å². The standard InChI is InChI=1S/C11H14O2S/c1-8(12)6-9-4-5-10(13-2)7-11(9)14-3/h4-5,7H,6H2,1-3H3. The number of ether oxygens (including phenoxy) is 1. The third-order valence-electron chi connectivity index (χ3n) is 1.93. The lowest BCUT2D eigenvalue weighted by molar-refractivity contribution is -0.116. The maximum Gasteiger partial charge on any atom is 0.134 e. The first-order chi connectivity index (χ1) is 6.67. The molecule has 1 aromatic rings. The van der Waals surface area contributed by atoms with Gasteiger partial charge in [0.15, 0.2) is 0 Å². The highest BCUT2D eigenvalue weighted by atomic mass is 32.2. The summed E-state index contributed by atoms with van der Waals surface area (Å²) >= 11 is 1.63. The summed E-state index contributed by atoms with van der Waals surface area (Å²) in [4.78, 5) is 12.1. The Balaban J connectivity index is 2.98. The highest BCUT2D eigenvalue weighted by Gasteiger charge is 2.05. The Bertz CT molecular complexity index is 334. The van der Waals surface area contributed by atoms with Gasteiger partial charge in [0.2, 0.25) is 0 Å². The number of benzene rings is 1. The molecule has 0 spiro atoms. The normalized spacial score (nSPS) is 9.93. The van der Waals surface area contributed by atoms with Crippen molar-refractivity contribution < 1.29 is 9.53 Å². The van der Waals surface area contributed by atoms with Crippen LogP contribution in [-0.2, 0) is 11.2 Å². The Hall–Kier alpha value is -0.960. The number of methoxy groups -OCH3 is 1. The molecule has 0 N–H and O–H groups in total. The second kappa shape index (κ2) is 5.05. The van der Waals surface area contributed by atoms with Crippen molar-refractivity contribution in [2.75, 3.05) is 13.4 Å². The van der Waals surface area contributed by atoms with E-state index in [4.69, 9.17) is 4.74 Å². The average Bonchev–Trinajstić information content (AvgIpc) is 2.17. The van der Waals surface area contributed by atoms with Crippen LogP contribution in [0.2, 0.25) is 0 Å². The molecule has 3 heteroatoms. The number of carbonyl (C=O) groups is 1. The molecule has 0 aliphatic heterocycles. The molecule has 14 heavy (non-hydrogen) atoms. The molecule has 0 aliphatic rings. The van der Waals surface area contributed by atoms with Gasteiger partial charge >= 0.3 is 0 Å². The molecule has 76 valence electrons.